The van der Waals surface area contributed by atoms with E-state index >= 15 is 0 Å². The lowest BCUT2D eigenvalue weighted by atomic mass is 9.99. The Morgan fingerprint density at radius 3 is 2.65 bits per heavy atom. The maximum atomic E-state index is 13.8. The third kappa shape index (κ3) is 6.49. The van der Waals surface area contributed by atoms with E-state index in [2.05, 4.69) is 29.6 Å². The standard InChI is InChI=1S/C27H32N4O5S3Si/c1-17-9-10-20-24(29-15-31(20)16-36-11-12-40(3,4)5)23(17)18-7-6-8-19(13-18)39(34,35)22-14-21(38-26(22)37-2)25(28)30-27(32)33/h6-10,13-15H,11-12,16H2,1-5H3,(H2,28,30)(H,32,33). The molecule has 0 spiro atoms. The first kappa shape index (κ1) is 30.0. The van der Waals surface area contributed by atoms with Crippen molar-refractivity contribution in [2.45, 2.75) is 53.3 Å². The Morgan fingerprint density at radius 1 is 1.23 bits per heavy atom. The van der Waals surface area contributed by atoms with Gasteiger partial charge in [-0.15, -0.1) is 23.1 Å². The van der Waals surface area contributed by atoms with Gasteiger partial charge >= 0.3 is 6.09 Å². The average Bonchev–Trinajstić information content (AvgIpc) is 3.50. The smallest absolute Gasteiger partial charge is 0.433 e. The Bertz CT molecular complexity index is 1700. The van der Waals surface area contributed by atoms with E-state index in [9.17, 15) is 13.2 Å². The zero-order valence-corrected chi connectivity index (χ0v) is 26.4. The van der Waals surface area contributed by atoms with Gasteiger partial charge in [0.05, 0.1) is 36.2 Å². The molecular weight excluding hydrogens is 585 g/mol. The van der Waals surface area contributed by atoms with Crippen LogP contribution in [0.2, 0.25) is 25.7 Å². The molecular formula is C27H32N4O5S3Si. The van der Waals surface area contributed by atoms with Crippen molar-refractivity contribution in [1.29, 1.82) is 0 Å². The van der Waals surface area contributed by atoms with Crippen LogP contribution in [-0.2, 0) is 21.3 Å². The molecule has 4 rings (SSSR count). The number of nitrogens with two attached hydrogens (primary N) is 1. The molecule has 2 aromatic heterocycles. The van der Waals surface area contributed by atoms with Crippen LogP contribution in [0, 0.1) is 6.92 Å². The Hall–Kier alpha value is -2.97. The van der Waals surface area contributed by atoms with Crippen LogP contribution in [0.5, 0.6) is 0 Å². The van der Waals surface area contributed by atoms with Gasteiger partial charge in [0, 0.05) is 20.2 Å². The van der Waals surface area contributed by atoms with Gasteiger partial charge in [0.15, 0.2) is 0 Å². The van der Waals surface area contributed by atoms with Crippen LogP contribution in [0.15, 0.2) is 67.8 Å². The van der Waals surface area contributed by atoms with Crippen molar-refractivity contribution in [3.05, 3.63) is 59.2 Å². The molecule has 2 aromatic carbocycles. The van der Waals surface area contributed by atoms with Crippen molar-refractivity contribution < 1.29 is 23.1 Å². The second-order valence-corrected chi connectivity index (χ2v) is 20.1. The van der Waals surface area contributed by atoms with Crippen LogP contribution in [-0.4, -0.2) is 55.9 Å². The maximum Gasteiger partial charge on any atom is 0.433 e. The fraction of sp³-hybridized carbons (Fsp3) is 0.296. The van der Waals surface area contributed by atoms with Gasteiger partial charge in [-0.2, -0.15) is 4.99 Å². The molecule has 212 valence electrons. The number of amides is 1. The number of aryl methyl sites for hydroxylation is 1. The second kappa shape index (κ2) is 11.9. The van der Waals surface area contributed by atoms with Crippen molar-refractivity contribution in [2.75, 3.05) is 12.9 Å². The minimum atomic E-state index is -3.95. The highest BCUT2D eigenvalue weighted by atomic mass is 32.2. The van der Waals surface area contributed by atoms with Gasteiger partial charge in [-0.25, -0.2) is 18.2 Å². The Morgan fingerprint density at radius 2 is 1.98 bits per heavy atom. The quantitative estimate of drug-likeness (QED) is 0.0694. The number of carboxylic acid groups (broad SMARTS) is 1. The highest BCUT2D eigenvalue weighted by Crippen LogP contribution is 2.39. The SMILES string of the molecule is CSc1sc(/C(N)=N\C(=O)O)cc1S(=O)(=O)c1cccc(-c2c(C)ccc3c2ncn3COCC[Si](C)(C)C)c1. The van der Waals surface area contributed by atoms with Crippen molar-refractivity contribution in [2.24, 2.45) is 10.7 Å². The normalized spacial score (nSPS) is 12.8. The number of thiophene rings is 1. The van der Waals surface area contributed by atoms with E-state index in [1.54, 1.807) is 30.8 Å². The molecule has 0 aliphatic carbocycles. The molecule has 9 nitrogen and oxygen atoms in total. The van der Waals surface area contributed by atoms with Gasteiger partial charge in [0.2, 0.25) is 9.84 Å². The molecule has 3 N–H and O–H groups in total. The number of rotatable bonds is 10. The number of hydrogen-bond donors (Lipinski definition) is 2. The molecule has 0 fully saturated rings. The number of carbonyl (C=O) groups is 1. The van der Waals surface area contributed by atoms with Gasteiger partial charge in [0.25, 0.3) is 0 Å². The Kier molecular flexibility index (Phi) is 8.90. The number of nitrogens with zero attached hydrogens (tertiary/aromatic N) is 3. The molecule has 0 radical (unpaired) electrons. The number of aromatic nitrogens is 2. The molecule has 40 heavy (non-hydrogen) atoms. The van der Waals surface area contributed by atoms with Crippen molar-refractivity contribution >= 4 is 64.0 Å². The molecule has 0 atom stereocenters. The summed E-state index contributed by atoms with van der Waals surface area (Å²) < 4.78 is 36.0. The maximum absolute atomic E-state index is 13.8. The van der Waals surface area contributed by atoms with Crippen LogP contribution >= 0.6 is 23.1 Å². The number of imidazole rings is 1. The molecule has 0 aliphatic heterocycles. The highest BCUT2D eigenvalue weighted by Gasteiger charge is 2.26. The Balaban J connectivity index is 1.71. The third-order valence-electron chi connectivity index (χ3n) is 6.27. The first-order valence-corrected chi connectivity index (χ1v) is 19.7. The zero-order valence-electron chi connectivity index (χ0n) is 23.0. The molecule has 0 unspecified atom stereocenters. The predicted molar refractivity (Wildman–Crippen MR) is 164 cm³/mol. The molecule has 0 bridgehead atoms. The van der Waals surface area contributed by atoms with Crippen molar-refractivity contribution in [1.82, 2.24) is 9.55 Å². The number of fused-ring (bicyclic) bond motifs is 1. The van der Waals surface area contributed by atoms with Crippen LogP contribution < -0.4 is 5.73 Å². The first-order chi connectivity index (χ1) is 18.8. The molecule has 1 amide bonds. The monoisotopic (exact) mass is 616 g/mol. The fourth-order valence-electron chi connectivity index (χ4n) is 4.16. The zero-order chi connectivity index (χ0) is 29.2. The summed E-state index contributed by atoms with van der Waals surface area (Å²) in [5.74, 6) is -0.245. The molecule has 0 saturated heterocycles. The largest absolute Gasteiger partial charge is 0.463 e. The number of sulfone groups is 1. The summed E-state index contributed by atoms with van der Waals surface area (Å²) in [6, 6.07) is 13.3. The summed E-state index contributed by atoms with van der Waals surface area (Å²) in [5, 5.41) is 8.94. The van der Waals surface area contributed by atoms with Crippen LogP contribution in [0.25, 0.3) is 22.2 Å². The minimum absolute atomic E-state index is 0.0652. The lowest BCUT2D eigenvalue weighted by Gasteiger charge is -2.15. The summed E-state index contributed by atoms with van der Waals surface area (Å²) in [4.78, 5) is 19.4. The number of amidine groups is 1. The summed E-state index contributed by atoms with van der Waals surface area (Å²) >= 11 is 2.34. The summed E-state index contributed by atoms with van der Waals surface area (Å²) in [6.45, 7) is 10.0. The highest BCUT2D eigenvalue weighted by molar-refractivity contribution is 8.01. The van der Waals surface area contributed by atoms with Gasteiger partial charge in [-0.1, -0.05) is 37.8 Å². The number of aliphatic imine (C=N–C) groups is 1. The summed E-state index contributed by atoms with van der Waals surface area (Å²) in [5.41, 5.74) is 10.0. The van der Waals surface area contributed by atoms with Crippen LogP contribution in [0.1, 0.15) is 10.4 Å². The summed E-state index contributed by atoms with van der Waals surface area (Å²) in [6.07, 6.45) is 2.06. The molecule has 0 aliphatic rings. The van der Waals surface area contributed by atoms with Gasteiger partial charge in [0.1, 0.15) is 12.6 Å². The van der Waals surface area contributed by atoms with E-state index in [0.29, 0.717) is 17.5 Å². The first-order valence-electron chi connectivity index (χ1n) is 12.4. The van der Waals surface area contributed by atoms with Gasteiger partial charge in [-0.3, -0.25) is 0 Å². The average molecular weight is 617 g/mol. The lowest BCUT2D eigenvalue weighted by molar-refractivity contribution is 0.0898. The second-order valence-electron chi connectivity index (χ2n) is 10.5. The molecule has 0 saturated carbocycles. The van der Waals surface area contributed by atoms with Gasteiger partial charge in [-0.05, 0) is 54.6 Å². The third-order valence-corrected chi connectivity index (χ3v) is 12.3. The van der Waals surface area contributed by atoms with Gasteiger partial charge < -0.3 is 20.1 Å². The van der Waals surface area contributed by atoms with E-state index in [1.807, 2.05) is 29.7 Å². The fourth-order valence-corrected chi connectivity index (χ4v) is 8.86. The lowest BCUT2D eigenvalue weighted by Crippen LogP contribution is -2.21. The number of ether oxygens (including phenoxy) is 1. The number of hydrogen-bond acceptors (Lipinski definition) is 7. The van der Waals surface area contributed by atoms with E-state index in [1.165, 1.54) is 17.8 Å². The summed E-state index contributed by atoms with van der Waals surface area (Å²) in [7, 11) is -5.14. The van der Waals surface area contributed by atoms with Crippen LogP contribution in [0.4, 0.5) is 4.79 Å². The van der Waals surface area contributed by atoms with Crippen molar-refractivity contribution in [3.63, 3.8) is 0 Å². The van der Waals surface area contributed by atoms with E-state index in [0.717, 1.165) is 45.1 Å². The van der Waals surface area contributed by atoms with Crippen LogP contribution in [0.3, 0.4) is 0 Å². The number of thioether (sulfide) groups is 1. The topological polar surface area (TPSA) is 137 Å². The number of benzene rings is 2. The molecule has 4 aromatic rings. The Labute approximate surface area is 243 Å². The van der Waals surface area contributed by atoms with E-state index in [-0.39, 0.29) is 20.5 Å². The molecule has 2 heterocycles. The predicted octanol–water partition coefficient (Wildman–Crippen LogP) is 6.32. The minimum Gasteiger partial charge on any atom is -0.463 e. The van der Waals surface area contributed by atoms with E-state index < -0.39 is 24.0 Å². The van der Waals surface area contributed by atoms with E-state index in [4.69, 9.17) is 15.6 Å². The van der Waals surface area contributed by atoms with Crippen molar-refractivity contribution in [3.8, 4) is 11.1 Å². The molecule has 13 heteroatoms.